The summed E-state index contributed by atoms with van der Waals surface area (Å²) < 4.78 is 13.9. The SMILES string of the molecule is CCN(CC(C)(C)O)C(=O)c1ccnc(NN)c1F. The average molecular weight is 270 g/mol. The zero-order valence-electron chi connectivity index (χ0n) is 11.3. The number of aromatic nitrogens is 1. The Kier molecular flexibility index (Phi) is 4.79. The van der Waals surface area contributed by atoms with Crippen LogP contribution in [-0.2, 0) is 0 Å². The second kappa shape index (κ2) is 5.94. The molecule has 1 heterocycles. The zero-order chi connectivity index (χ0) is 14.6. The number of nitrogens with one attached hydrogen (secondary N) is 1. The third kappa shape index (κ3) is 3.87. The molecule has 0 spiro atoms. The van der Waals surface area contributed by atoms with Crippen LogP contribution >= 0.6 is 0 Å². The van der Waals surface area contributed by atoms with E-state index in [-0.39, 0.29) is 17.9 Å². The van der Waals surface area contributed by atoms with E-state index in [2.05, 4.69) is 10.4 Å². The molecule has 1 aromatic heterocycles. The van der Waals surface area contributed by atoms with E-state index in [0.717, 1.165) is 0 Å². The van der Waals surface area contributed by atoms with Crippen molar-refractivity contribution in [2.75, 3.05) is 18.5 Å². The number of halogens is 1. The summed E-state index contributed by atoms with van der Waals surface area (Å²) in [4.78, 5) is 17.2. The molecular weight excluding hydrogens is 251 g/mol. The van der Waals surface area contributed by atoms with E-state index < -0.39 is 17.3 Å². The summed E-state index contributed by atoms with van der Waals surface area (Å²) in [6, 6.07) is 1.28. The van der Waals surface area contributed by atoms with Gasteiger partial charge in [0.05, 0.1) is 11.2 Å². The Labute approximate surface area is 111 Å². The fourth-order valence-electron chi connectivity index (χ4n) is 1.67. The maximum atomic E-state index is 13.9. The highest BCUT2D eigenvalue weighted by molar-refractivity contribution is 5.95. The molecule has 0 bridgehead atoms. The summed E-state index contributed by atoms with van der Waals surface area (Å²) in [6.45, 7) is 5.38. The largest absolute Gasteiger partial charge is 0.389 e. The maximum Gasteiger partial charge on any atom is 0.257 e. The Morgan fingerprint density at radius 1 is 1.63 bits per heavy atom. The lowest BCUT2D eigenvalue weighted by Gasteiger charge is -2.28. The van der Waals surface area contributed by atoms with Crippen LogP contribution < -0.4 is 11.3 Å². The number of aliphatic hydroxyl groups is 1. The highest BCUT2D eigenvalue weighted by Crippen LogP contribution is 2.17. The molecule has 7 heteroatoms. The number of likely N-dealkylation sites (N-methyl/N-ethyl adjacent to an activating group) is 1. The summed E-state index contributed by atoms with van der Waals surface area (Å²) in [6.07, 6.45) is 1.30. The first-order valence-electron chi connectivity index (χ1n) is 5.93. The summed E-state index contributed by atoms with van der Waals surface area (Å²) >= 11 is 0. The first-order valence-corrected chi connectivity index (χ1v) is 5.93. The number of hydrazine groups is 1. The second-order valence-electron chi connectivity index (χ2n) is 4.80. The number of carbonyl (C=O) groups is 1. The second-order valence-corrected chi connectivity index (χ2v) is 4.80. The quantitative estimate of drug-likeness (QED) is 0.542. The summed E-state index contributed by atoms with van der Waals surface area (Å²) in [5.74, 6) is 3.61. The van der Waals surface area contributed by atoms with E-state index in [1.807, 2.05) is 0 Å². The van der Waals surface area contributed by atoms with Crippen LogP contribution in [0.5, 0.6) is 0 Å². The van der Waals surface area contributed by atoms with Crippen molar-refractivity contribution in [2.24, 2.45) is 5.84 Å². The van der Waals surface area contributed by atoms with Crippen LogP contribution in [-0.4, -0.2) is 39.6 Å². The number of nitrogen functional groups attached to an aromatic ring is 1. The molecule has 0 unspecified atom stereocenters. The Morgan fingerprint density at radius 3 is 2.74 bits per heavy atom. The van der Waals surface area contributed by atoms with Crippen molar-refractivity contribution in [1.29, 1.82) is 0 Å². The van der Waals surface area contributed by atoms with Gasteiger partial charge in [0.15, 0.2) is 11.6 Å². The van der Waals surface area contributed by atoms with Gasteiger partial charge in [-0.05, 0) is 26.8 Å². The van der Waals surface area contributed by atoms with Gasteiger partial charge in [0.2, 0.25) is 0 Å². The van der Waals surface area contributed by atoms with Crippen molar-refractivity contribution < 1.29 is 14.3 Å². The van der Waals surface area contributed by atoms with E-state index in [9.17, 15) is 14.3 Å². The van der Waals surface area contributed by atoms with Crippen LogP contribution in [0.4, 0.5) is 10.2 Å². The molecule has 0 saturated carbocycles. The van der Waals surface area contributed by atoms with Gasteiger partial charge in [-0.25, -0.2) is 15.2 Å². The van der Waals surface area contributed by atoms with E-state index >= 15 is 0 Å². The number of hydrogen-bond acceptors (Lipinski definition) is 5. The van der Waals surface area contributed by atoms with Crippen LogP contribution in [0.1, 0.15) is 31.1 Å². The van der Waals surface area contributed by atoms with E-state index in [1.165, 1.54) is 17.2 Å². The van der Waals surface area contributed by atoms with Gasteiger partial charge in [0, 0.05) is 19.3 Å². The van der Waals surface area contributed by atoms with Crippen LogP contribution in [0, 0.1) is 5.82 Å². The molecule has 4 N–H and O–H groups in total. The Hall–Kier alpha value is -1.73. The fraction of sp³-hybridized carbons (Fsp3) is 0.500. The van der Waals surface area contributed by atoms with Gasteiger partial charge >= 0.3 is 0 Å². The maximum absolute atomic E-state index is 13.9. The minimum atomic E-state index is -1.05. The molecule has 0 aliphatic heterocycles. The molecule has 0 aromatic carbocycles. The molecule has 1 aromatic rings. The van der Waals surface area contributed by atoms with Crippen molar-refractivity contribution in [3.63, 3.8) is 0 Å². The highest BCUT2D eigenvalue weighted by atomic mass is 19.1. The third-order valence-corrected chi connectivity index (χ3v) is 2.50. The number of anilines is 1. The first kappa shape index (κ1) is 15.3. The van der Waals surface area contributed by atoms with Gasteiger partial charge in [0.1, 0.15) is 0 Å². The molecule has 19 heavy (non-hydrogen) atoms. The molecule has 0 fully saturated rings. The monoisotopic (exact) mass is 270 g/mol. The van der Waals surface area contributed by atoms with Crippen molar-refractivity contribution >= 4 is 11.7 Å². The standard InChI is InChI=1S/C12H19FN4O2/c1-4-17(7-12(2,3)19)11(18)8-5-6-15-10(16-14)9(8)13/h5-6,19H,4,7,14H2,1-3H3,(H,15,16). The normalized spacial score (nSPS) is 11.3. The van der Waals surface area contributed by atoms with E-state index in [1.54, 1.807) is 20.8 Å². The molecule has 0 radical (unpaired) electrons. The predicted octanol–water partition coefficient (Wildman–Crippen LogP) is 0.739. The van der Waals surface area contributed by atoms with Crippen LogP contribution in [0.3, 0.4) is 0 Å². The Morgan fingerprint density at radius 2 is 2.26 bits per heavy atom. The molecule has 0 aliphatic rings. The minimum Gasteiger partial charge on any atom is -0.389 e. The van der Waals surface area contributed by atoms with Gasteiger partial charge < -0.3 is 15.4 Å². The van der Waals surface area contributed by atoms with Gasteiger partial charge in [-0.3, -0.25) is 4.79 Å². The molecule has 0 saturated heterocycles. The lowest BCUT2D eigenvalue weighted by atomic mass is 10.1. The zero-order valence-corrected chi connectivity index (χ0v) is 11.3. The lowest BCUT2D eigenvalue weighted by molar-refractivity contribution is 0.0312. The number of amides is 1. The number of pyridine rings is 1. The average Bonchev–Trinajstić information content (AvgIpc) is 2.34. The number of hydrogen-bond donors (Lipinski definition) is 3. The van der Waals surface area contributed by atoms with Crippen molar-refractivity contribution in [3.8, 4) is 0 Å². The lowest BCUT2D eigenvalue weighted by Crippen LogP contribution is -2.42. The Bertz CT molecular complexity index is 460. The number of nitrogens with zero attached hydrogens (tertiary/aromatic N) is 2. The number of carbonyl (C=O) groups excluding carboxylic acids is 1. The van der Waals surface area contributed by atoms with Gasteiger partial charge in [0.25, 0.3) is 5.91 Å². The predicted molar refractivity (Wildman–Crippen MR) is 69.9 cm³/mol. The molecular formula is C12H19FN4O2. The Balaban J connectivity index is 3.04. The fourth-order valence-corrected chi connectivity index (χ4v) is 1.67. The molecule has 1 rings (SSSR count). The van der Waals surface area contributed by atoms with E-state index in [0.29, 0.717) is 6.54 Å². The van der Waals surface area contributed by atoms with Crippen LogP contribution in [0.2, 0.25) is 0 Å². The topological polar surface area (TPSA) is 91.5 Å². The van der Waals surface area contributed by atoms with Crippen LogP contribution in [0.15, 0.2) is 12.3 Å². The van der Waals surface area contributed by atoms with Gasteiger partial charge in [-0.15, -0.1) is 0 Å². The molecule has 0 aliphatic carbocycles. The van der Waals surface area contributed by atoms with Gasteiger partial charge in [-0.2, -0.15) is 0 Å². The smallest absolute Gasteiger partial charge is 0.257 e. The van der Waals surface area contributed by atoms with Crippen molar-refractivity contribution in [3.05, 3.63) is 23.6 Å². The number of rotatable bonds is 5. The highest BCUT2D eigenvalue weighted by Gasteiger charge is 2.25. The molecule has 1 amide bonds. The molecule has 0 atom stereocenters. The summed E-state index contributed by atoms with van der Waals surface area (Å²) in [7, 11) is 0. The van der Waals surface area contributed by atoms with Gasteiger partial charge in [-0.1, -0.05) is 0 Å². The number of nitrogens with two attached hydrogens (primary N) is 1. The minimum absolute atomic E-state index is 0.107. The first-order chi connectivity index (χ1) is 8.80. The summed E-state index contributed by atoms with van der Waals surface area (Å²) in [5, 5.41) is 9.75. The summed E-state index contributed by atoms with van der Waals surface area (Å²) in [5.41, 5.74) is 0.907. The third-order valence-electron chi connectivity index (χ3n) is 2.50. The molecule has 6 nitrogen and oxygen atoms in total. The van der Waals surface area contributed by atoms with E-state index in [4.69, 9.17) is 5.84 Å². The van der Waals surface area contributed by atoms with Crippen molar-refractivity contribution in [1.82, 2.24) is 9.88 Å². The molecule has 106 valence electrons. The van der Waals surface area contributed by atoms with Crippen molar-refractivity contribution in [2.45, 2.75) is 26.4 Å². The van der Waals surface area contributed by atoms with Crippen LogP contribution in [0.25, 0.3) is 0 Å².